The van der Waals surface area contributed by atoms with Gasteiger partial charge in [0.15, 0.2) is 0 Å². The van der Waals surface area contributed by atoms with Crippen molar-refractivity contribution in [3.63, 3.8) is 0 Å². The summed E-state index contributed by atoms with van der Waals surface area (Å²) >= 11 is 6.10. The molecule has 0 amide bonds. The van der Waals surface area contributed by atoms with Crippen molar-refractivity contribution in [2.45, 2.75) is 43.6 Å². The first-order valence-electron chi connectivity index (χ1n) is 6.29. The van der Waals surface area contributed by atoms with Crippen LogP contribution in [0.5, 0.6) is 5.75 Å². The van der Waals surface area contributed by atoms with Gasteiger partial charge in [0.1, 0.15) is 5.75 Å². The second-order valence-electron chi connectivity index (χ2n) is 4.64. The summed E-state index contributed by atoms with van der Waals surface area (Å²) in [5.41, 5.74) is 1.22. The highest BCUT2D eigenvalue weighted by atomic mass is 35.5. The van der Waals surface area contributed by atoms with E-state index in [0.717, 1.165) is 25.1 Å². The van der Waals surface area contributed by atoms with Gasteiger partial charge in [-0.3, -0.25) is 0 Å². The molecule has 1 aliphatic rings. The molecule has 3 heteroatoms. The fraction of sp³-hybridized carbons (Fsp3) is 0.571. The van der Waals surface area contributed by atoms with E-state index < -0.39 is 0 Å². The third kappa shape index (κ3) is 3.62. The minimum absolute atomic E-state index is 0.388. The lowest BCUT2D eigenvalue weighted by molar-refractivity contribution is 0.368. The molecule has 0 atom stereocenters. The number of hydrogen-bond donors (Lipinski definition) is 1. The number of rotatable bonds is 4. The zero-order valence-corrected chi connectivity index (χ0v) is 11.0. The molecule has 94 valence electrons. The van der Waals surface area contributed by atoms with Crippen LogP contribution in [0.1, 0.15) is 31.2 Å². The predicted molar refractivity (Wildman–Crippen MR) is 71.7 cm³/mol. The number of para-hydroxylation sites is 1. The zero-order chi connectivity index (χ0) is 12.1. The fourth-order valence-electron chi connectivity index (χ4n) is 2.36. The maximum Gasteiger partial charge on any atom is 0.123 e. The van der Waals surface area contributed by atoms with E-state index in [4.69, 9.17) is 16.3 Å². The Labute approximate surface area is 108 Å². The van der Waals surface area contributed by atoms with Crippen LogP contribution in [0.25, 0.3) is 0 Å². The zero-order valence-electron chi connectivity index (χ0n) is 10.3. The summed E-state index contributed by atoms with van der Waals surface area (Å²) in [6.07, 6.45) is 4.63. The molecule has 0 saturated heterocycles. The Morgan fingerprint density at radius 1 is 1.24 bits per heavy atom. The van der Waals surface area contributed by atoms with Crippen molar-refractivity contribution in [3.05, 3.63) is 29.8 Å². The molecule has 1 N–H and O–H groups in total. The molecule has 2 rings (SSSR count). The van der Waals surface area contributed by atoms with Crippen molar-refractivity contribution < 1.29 is 4.74 Å². The van der Waals surface area contributed by atoms with Crippen LogP contribution < -0.4 is 10.1 Å². The van der Waals surface area contributed by atoms with E-state index in [9.17, 15) is 0 Å². The summed E-state index contributed by atoms with van der Waals surface area (Å²) < 4.78 is 5.34. The average molecular weight is 254 g/mol. The van der Waals surface area contributed by atoms with Crippen LogP contribution in [0.2, 0.25) is 0 Å². The molecule has 1 saturated carbocycles. The lowest BCUT2D eigenvalue weighted by Gasteiger charge is -2.26. The van der Waals surface area contributed by atoms with Crippen LogP contribution in [0, 0.1) is 0 Å². The smallest absolute Gasteiger partial charge is 0.123 e. The summed E-state index contributed by atoms with van der Waals surface area (Å²) in [6.45, 7) is 0.877. The lowest BCUT2D eigenvalue weighted by atomic mass is 9.95. The van der Waals surface area contributed by atoms with Crippen LogP contribution in [0.4, 0.5) is 0 Å². The van der Waals surface area contributed by atoms with Gasteiger partial charge in [-0.2, -0.15) is 0 Å². The van der Waals surface area contributed by atoms with E-state index in [-0.39, 0.29) is 0 Å². The fourth-order valence-corrected chi connectivity index (χ4v) is 2.61. The molecule has 0 bridgehead atoms. The molecule has 2 nitrogen and oxygen atoms in total. The van der Waals surface area contributed by atoms with Gasteiger partial charge in [0.25, 0.3) is 0 Å². The van der Waals surface area contributed by atoms with Crippen molar-refractivity contribution in [1.29, 1.82) is 0 Å². The molecule has 0 unspecified atom stereocenters. The maximum absolute atomic E-state index is 6.10. The van der Waals surface area contributed by atoms with Crippen molar-refractivity contribution in [2.75, 3.05) is 7.11 Å². The molecular weight excluding hydrogens is 234 g/mol. The van der Waals surface area contributed by atoms with E-state index in [2.05, 4.69) is 17.4 Å². The van der Waals surface area contributed by atoms with Crippen LogP contribution in [-0.4, -0.2) is 18.5 Å². The van der Waals surface area contributed by atoms with Gasteiger partial charge in [-0.25, -0.2) is 0 Å². The van der Waals surface area contributed by atoms with E-state index in [1.165, 1.54) is 18.4 Å². The van der Waals surface area contributed by atoms with E-state index in [1.54, 1.807) is 7.11 Å². The predicted octanol–water partition coefficient (Wildman–Crippen LogP) is 3.33. The summed E-state index contributed by atoms with van der Waals surface area (Å²) in [6, 6.07) is 8.77. The monoisotopic (exact) mass is 253 g/mol. The first kappa shape index (κ1) is 12.7. The molecule has 0 spiro atoms. The first-order chi connectivity index (χ1) is 8.29. The van der Waals surface area contributed by atoms with Gasteiger partial charge in [-0.05, 0) is 31.7 Å². The van der Waals surface area contributed by atoms with Gasteiger partial charge < -0.3 is 10.1 Å². The largest absolute Gasteiger partial charge is 0.496 e. The van der Waals surface area contributed by atoms with Gasteiger partial charge in [-0.1, -0.05) is 18.2 Å². The second kappa shape index (κ2) is 6.27. The van der Waals surface area contributed by atoms with Gasteiger partial charge in [0, 0.05) is 23.5 Å². The number of alkyl halides is 1. The second-order valence-corrected chi connectivity index (χ2v) is 5.26. The quantitative estimate of drug-likeness (QED) is 0.831. The molecule has 1 aromatic carbocycles. The lowest BCUT2D eigenvalue weighted by Crippen LogP contribution is -2.33. The minimum Gasteiger partial charge on any atom is -0.496 e. The topological polar surface area (TPSA) is 21.3 Å². The highest BCUT2D eigenvalue weighted by Crippen LogP contribution is 2.24. The first-order valence-corrected chi connectivity index (χ1v) is 6.72. The van der Waals surface area contributed by atoms with Crippen molar-refractivity contribution in [3.8, 4) is 5.75 Å². The van der Waals surface area contributed by atoms with Crippen molar-refractivity contribution >= 4 is 11.6 Å². The van der Waals surface area contributed by atoms with Crippen LogP contribution in [-0.2, 0) is 6.54 Å². The summed E-state index contributed by atoms with van der Waals surface area (Å²) in [5, 5.41) is 3.98. The molecule has 1 fully saturated rings. The highest BCUT2D eigenvalue weighted by Gasteiger charge is 2.18. The SMILES string of the molecule is COc1ccccc1CNC1CCC(Cl)CC1. The van der Waals surface area contributed by atoms with Gasteiger partial charge in [-0.15, -0.1) is 11.6 Å². The minimum atomic E-state index is 0.388. The Kier molecular flexibility index (Phi) is 4.69. The molecule has 1 aliphatic carbocycles. The van der Waals surface area contributed by atoms with Crippen molar-refractivity contribution in [1.82, 2.24) is 5.32 Å². The average Bonchev–Trinajstić information content (AvgIpc) is 2.38. The molecular formula is C14H20ClNO. The van der Waals surface area contributed by atoms with Crippen LogP contribution in [0.3, 0.4) is 0 Å². The summed E-state index contributed by atoms with van der Waals surface area (Å²) in [5.74, 6) is 0.964. The Morgan fingerprint density at radius 3 is 2.65 bits per heavy atom. The van der Waals surface area contributed by atoms with E-state index in [1.807, 2.05) is 12.1 Å². The van der Waals surface area contributed by atoms with E-state index >= 15 is 0 Å². The van der Waals surface area contributed by atoms with Crippen LogP contribution >= 0.6 is 11.6 Å². The van der Waals surface area contributed by atoms with Gasteiger partial charge >= 0.3 is 0 Å². The van der Waals surface area contributed by atoms with Crippen molar-refractivity contribution in [2.24, 2.45) is 0 Å². The molecule has 0 heterocycles. The Bertz CT molecular complexity index is 348. The van der Waals surface area contributed by atoms with Gasteiger partial charge in [0.2, 0.25) is 0 Å². The number of halogens is 1. The molecule has 17 heavy (non-hydrogen) atoms. The molecule has 0 aliphatic heterocycles. The normalized spacial score (nSPS) is 24.6. The number of hydrogen-bond acceptors (Lipinski definition) is 2. The molecule has 1 aromatic rings. The highest BCUT2D eigenvalue weighted by molar-refractivity contribution is 6.20. The number of methoxy groups -OCH3 is 1. The standard InChI is InChI=1S/C14H20ClNO/c1-17-14-5-3-2-4-11(14)10-16-13-8-6-12(15)7-9-13/h2-5,12-13,16H,6-10H2,1H3. The number of ether oxygens (including phenoxy) is 1. The molecule has 0 radical (unpaired) electrons. The number of benzene rings is 1. The third-order valence-electron chi connectivity index (χ3n) is 3.43. The number of nitrogens with one attached hydrogen (secondary N) is 1. The third-order valence-corrected chi connectivity index (χ3v) is 3.87. The Morgan fingerprint density at radius 2 is 1.94 bits per heavy atom. The molecule has 0 aromatic heterocycles. The van der Waals surface area contributed by atoms with Crippen LogP contribution in [0.15, 0.2) is 24.3 Å². The maximum atomic E-state index is 6.10. The van der Waals surface area contributed by atoms with Gasteiger partial charge in [0.05, 0.1) is 7.11 Å². The van der Waals surface area contributed by atoms with E-state index in [0.29, 0.717) is 11.4 Å². The summed E-state index contributed by atoms with van der Waals surface area (Å²) in [7, 11) is 1.72. The Balaban J connectivity index is 1.85. The Hall–Kier alpha value is -0.730. The summed E-state index contributed by atoms with van der Waals surface area (Å²) in [4.78, 5) is 0.